The van der Waals surface area contributed by atoms with E-state index in [0.29, 0.717) is 14.9 Å². The molecule has 0 radical (unpaired) electrons. The second-order valence-corrected chi connectivity index (χ2v) is 7.81. The lowest BCUT2D eigenvalue weighted by Crippen LogP contribution is -2.09. The van der Waals surface area contributed by atoms with Crippen LogP contribution < -0.4 is 0 Å². The topological polar surface area (TPSA) is 39.4 Å². The molecule has 0 saturated carbocycles. The minimum absolute atomic E-state index is 0.0922. The van der Waals surface area contributed by atoms with Gasteiger partial charge >= 0.3 is 6.18 Å². The van der Waals surface area contributed by atoms with E-state index in [4.69, 9.17) is 28.0 Å². The number of benzene rings is 2. The number of hydrogen-bond donors (Lipinski definition) is 0. The van der Waals surface area contributed by atoms with Gasteiger partial charge in [-0.2, -0.15) is 18.3 Å². The normalized spacial score (nSPS) is 11.9. The van der Waals surface area contributed by atoms with Gasteiger partial charge in [0.2, 0.25) is 0 Å². The molecule has 4 nitrogen and oxygen atoms in total. The monoisotopic (exact) mass is 459 g/mol. The molecule has 0 saturated heterocycles. The zero-order valence-corrected chi connectivity index (χ0v) is 17.3. The Morgan fingerprint density at radius 3 is 2.24 bits per heavy atom. The zero-order chi connectivity index (χ0) is 21.0. The highest BCUT2D eigenvalue weighted by molar-refractivity contribution is 7.99. The van der Waals surface area contributed by atoms with Gasteiger partial charge in [0.15, 0.2) is 5.69 Å². The van der Waals surface area contributed by atoms with E-state index in [0.717, 1.165) is 23.5 Å². The molecule has 0 aliphatic heterocycles. The Morgan fingerprint density at radius 2 is 1.66 bits per heavy atom. The number of aromatic nitrogens is 2. The summed E-state index contributed by atoms with van der Waals surface area (Å²) in [6, 6.07) is 13.6. The van der Waals surface area contributed by atoms with Crippen molar-refractivity contribution in [2.75, 3.05) is 0 Å². The van der Waals surface area contributed by atoms with Gasteiger partial charge in [0.1, 0.15) is 11.6 Å². The SMILES string of the molecule is Cn1nc(C(F)(F)F)c(/C=N\OCc2ccc(Cl)cc2)c1Sc1ccc(Cl)cc1. The first kappa shape index (κ1) is 21.5. The summed E-state index contributed by atoms with van der Waals surface area (Å²) in [5.74, 6) is 0. The summed E-state index contributed by atoms with van der Waals surface area (Å²) in [6.07, 6.45) is -3.60. The Balaban J connectivity index is 1.84. The molecule has 2 aromatic carbocycles. The van der Waals surface area contributed by atoms with Crippen molar-refractivity contribution in [1.29, 1.82) is 0 Å². The van der Waals surface area contributed by atoms with Crippen LogP contribution in [0.2, 0.25) is 10.0 Å². The molecule has 0 N–H and O–H groups in total. The standard InChI is InChI=1S/C19H14Cl2F3N3OS/c1-27-18(29-15-8-6-14(21)7-9-15)16(17(26-27)19(22,23)24)10-25-28-11-12-2-4-13(20)5-3-12/h2-10H,11H2,1H3/b25-10-. The molecule has 3 aromatic rings. The van der Waals surface area contributed by atoms with Gasteiger partial charge < -0.3 is 4.84 Å². The summed E-state index contributed by atoms with van der Waals surface area (Å²) in [4.78, 5) is 5.87. The molecule has 0 fully saturated rings. The van der Waals surface area contributed by atoms with Crippen molar-refractivity contribution in [3.05, 3.63) is 75.4 Å². The van der Waals surface area contributed by atoms with E-state index in [1.807, 2.05) is 0 Å². The predicted molar refractivity (Wildman–Crippen MR) is 108 cm³/mol. The zero-order valence-electron chi connectivity index (χ0n) is 15.0. The van der Waals surface area contributed by atoms with Gasteiger partial charge in [-0.25, -0.2) is 0 Å². The molecule has 3 rings (SSSR count). The Kier molecular flexibility index (Phi) is 6.77. The number of alkyl halides is 3. The van der Waals surface area contributed by atoms with E-state index in [1.165, 1.54) is 11.7 Å². The fourth-order valence-corrected chi connectivity index (χ4v) is 3.55. The van der Waals surface area contributed by atoms with Crippen molar-refractivity contribution in [3.8, 4) is 0 Å². The number of oxime groups is 1. The maximum absolute atomic E-state index is 13.4. The van der Waals surface area contributed by atoms with Crippen LogP contribution in [0.3, 0.4) is 0 Å². The Labute approximate surface area is 179 Å². The molecule has 0 spiro atoms. The summed E-state index contributed by atoms with van der Waals surface area (Å²) < 4.78 is 41.5. The molecular weight excluding hydrogens is 446 g/mol. The minimum atomic E-state index is -4.63. The first-order valence-corrected chi connectivity index (χ1v) is 9.78. The fraction of sp³-hybridized carbons (Fsp3) is 0.158. The molecule has 10 heteroatoms. The number of hydrogen-bond acceptors (Lipinski definition) is 4. The maximum atomic E-state index is 13.4. The predicted octanol–water partition coefficient (Wildman–Crippen LogP) is 6.45. The third-order valence-electron chi connectivity index (χ3n) is 3.73. The van der Waals surface area contributed by atoms with Crippen LogP contribution >= 0.6 is 35.0 Å². The molecule has 1 aromatic heterocycles. The molecule has 0 amide bonds. The van der Waals surface area contributed by atoms with Crippen molar-refractivity contribution in [1.82, 2.24) is 9.78 Å². The second-order valence-electron chi connectivity index (χ2n) is 5.88. The Hall–Kier alpha value is -2.16. The fourth-order valence-electron chi connectivity index (χ4n) is 2.37. The Bertz CT molecular complexity index is 1000. The molecule has 1 heterocycles. The van der Waals surface area contributed by atoms with Crippen molar-refractivity contribution in [3.63, 3.8) is 0 Å². The maximum Gasteiger partial charge on any atom is 0.435 e. The quantitative estimate of drug-likeness (QED) is 0.314. The third-order valence-corrected chi connectivity index (χ3v) is 5.42. The molecule has 29 heavy (non-hydrogen) atoms. The van der Waals surface area contributed by atoms with Crippen molar-refractivity contribution < 1.29 is 18.0 Å². The highest BCUT2D eigenvalue weighted by Gasteiger charge is 2.38. The number of rotatable bonds is 6. The molecule has 152 valence electrons. The van der Waals surface area contributed by atoms with E-state index >= 15 is 0 Å². The van der Waals surface area contributed by atoms with Gasteiger partial charge in [-0.1, -0.05) is 52.3 Å². The summed E-state index contributed by atoms with van der Waals surface area (Å²) in [6.45, 7) is 0.0922. The summed E-state index contributed by atoms with van der Waals surface area (Å²) in [5.41, 5.74) is -0.420. The van der Waals surface area contributed by atoms with Crippen LogP contribution in [0.15, 0.2) is 63.6 Å². The van der Waals surface area contributed by atoms with Crippen molar-refractivity contribution in [2.24, 2.45) is 12.2 Å². The van der Waals surface area contributed by atoms with Gasteiger partial charge in [-0.3, -0.25) is 4.68 Å². The van der Waals surface area contributed by atoms with Gasteiger partial charge in [-0.15, -0.1) is 0 Å². The molecule has 0 unspecified atom stereocenters. The van der Waals surface area contributed by atoms with Crippen LogP contribution in [0, 0.1) is 0 Å². The van der Waals surface area contributed by atoms with Crippen LogP contribution in [0.4, 0.5) is 13.2 Å². The van der Waals surface area contributed by atoms with E-state index in [1.54, 1.807) is 48.5 Å². The van der Waals surface area contributed by atoms with Crippen LogP contribution in [0.25, 0.3) is 0 Å². The number of nitrogens with zero attached hydrogens (tertiary/aromatic N) is 3. The van der Waals surface area contributed by atoms with Crippen molar-refractivity contribution >= 4 is 41.2 Å². The summed E-state index contributed by atoms with van der Waals surface area (Å²) >= 11 is 12.8. The van der Waals surface area contributed by atoms with Gasteiger partial charge in [0.25, 0.3) is 0 Å². The van der Waals surface area contributed by atoms with Gasteiger partial charge in [0.05, 0.1) is 11.8 Å². The van der Waals surface area contributed by atoms with Crippen LogP contribution in [0.5, 0.6) is 0 Å². The number of halogens is 5. The average Bonchev–Trinajstić information content (AvgIpc) is 2.98. The summed E-state index contributed by atoms with van der Waals surface area (Å²) in [7, 11) is 1.44. The van der Waals surface area contributed by atoms with Crippen LogP contribution in [0.1, 0.15) is 16.8 Å². The number of aryl methyl sites for hydroxylation is 1. The van der Waals surface area contributed by atoms with E-state index in [9.17, 15) is 13.2 Å². The first-order chi connectivity index (χ1) is 13.7. The van der Waals surface area contributed by atoms with Crippen molar-refractivity contribution in [2.45, 2.75) is 22.7 Å². The molecule has 0 bridgehead atoms. The lowest BCUT2D eigenvalue weighted by atomic mass is 10.2. The lowest BCUT2D eigenvalue weighted by Gasteiger charge is -2.06. The smallest absolute Gasteiger partial charge is 0.391 e. The van der Waals surface area contributed by atoms with E-state index in [2.05, 4.69) is 10.3 Å². The van der Waals surface area contributed by atoms with E-state index < -0.39 is 11.9 Å². The largest absolute Gasteiger partial charge is 0.435 e. The third kappa shape index (κ3) is 5.68. The lowest BCUT2D eigenvalue weighted by molar-refractivity contribution is -0.141. The minimum Gasteiger partial charge on any atom is -0.391 e. The molecule has 0 aliphatic carbocycles. The Morgan fingerprint density at radius 1 is 1.07 bits per heavy atom. The average molecular weight is 460 g/mol. The molecular formula is C19H14Cl2F3N3OS. The van der Waals surface area contributed by atoms with Crippen LogP contribution in [-0.2, 0) is 24.7 Å². The highest BCUT2D eigenvalue weighted by Crippen LogP contribution is 2.37. The van der Waals surface area contributed by atoms with Crippen LogP contribution in [-0.4, -0.2) is 16.0 Å². The highest BCUT2D eigenvalue weighted by atomic mass is 35.5. The van der Waals surface area contributed by atoms with Gasteiger partial charge in [-0.05, 0) is 42.0 Å². The summed E-state index contributed by atoms with van der Waals surface area (Å²) in [5, 5.41) is 8.73. The molecule has 0 aliphatic rings. The first-order valence-electron chi connectivity index (χ1n) is 8.21. The second kappa shape index (κ2) is 9.11. The van der Waals surface area contributed by atoms with E-state index in [-0.39, 0.29) is 17.2 Å². The van der Waals surface area contributed by atoms with Gasteiger partial charge in [0, 0.05) is 22.0 Å². The molecule has 0 atom stereocenters.